The zero-order valence-electron chi connectivity index (χ0n) is 17.6. The van der Waals surface area contributed by atoms with Gasteiger partial charge < -0.3 is 0 Å². The summed E-state index contributed by atoms with van der Waals surface area (Å²) >= 11 is 12.5. The van der Waals surface area contributed by atoms with Crippen LogP contribution in [0.4, 0.5) is 0 Å². The Bertz CT molecular complexity index is 1200. The summed E-state index contributed by atoms with van der Waals surface area (Å²) in [6, 6.07) is 33.8. The van der Waals surface area contributed by atoms with Crippen molar-refractivity contribution in [2.24, 2.45) is 0 Å². The van der Waals surface area contributed by atoms with Gasteiger partial charge in [0.2, 0.25) is 0 Å². The largest absolute Gasteiger partial charge is 0.300 e. The maximum absolute atomic E-state index is 13.5. The molecule has 7 heteroatoms. The van der Waals surface area contributed by atoms with Crippen molar-refractivity contribution >= 4 is 56.7 Å². The average Bonchev–Trinajstić information content (AvgIpc) is 2.84. The Morgan fingerprint density at radius 1 is 0.606 bits per heavy atom. The minimum atomic E-state index is -3.98. The number of halogens is 2. The molecule has 0 heterocycles. The first-order valence-corrected chi connectivity index (χ1v) is 14.4. The minimum absolute atomic E-state index is 0.152. The van der Waals surface area contributed by atoms with Crippen LogP contribution in [0.2, 0.25) is 10.0 Å². The lowest BCUT2D eigenvalue weighted by atomic mass is 10.2. The Morgan fingerprint density at radius 2 is 1.00 bits per heavy atom. The zero-order valence-corrected chi connectivity index (χ0v) is 20.9. The molecule has 0 atom stereocenters. The van der Waals surface area contributed by atoms with E-state index in [2.05, 4.69) is 0 Å². The van der Waals surface area contributed by atoms with E-state index in [1.54, 1.807) is 18.2 Å². The van der Waals surface area contributed by atoms with E-state index in [0.29, 0.717) is 15.6 Å². The van der Waals surface area contributed by atoms with Gasteiger partial charge in [0.05, 0.1) is 5.75 Å². The molecule has 0 aliphatic carbocycles. The van der Waals surface area contributed by atoms with Crippen LogP contribution in [0.5, 0.6) is 0 Å². The number of benzene rings is 4. The van der Waals surface area contributed by atoms with E-state index in [4.69, 9.17) is 27.2 Å². The minimum Gasteiger partial charge on any atom is -0.196 e. The number of hydrogen-bond donors (Lipinski definition) is 0. The second kappa shape index (κ2) is 10.4. The molecule has 0 saturated heterocycles. The van der Waals surface area contributed by atoms with Crippen LogP contribution in [0.15, 0.2) is 109 Å². The highest BCUT2D eigenvalue weighted by Crippen LogP contribution is 2.57. The Kier molecular flexibility index (Phi) is 7.53. The van der Waals surface area contributed by atoms with Gasteiger partial charge in [-0.2, -0.15) is 8.42 Å². The first kappa shape index (κ1) is 23.9. The molecule has 33 heavy (non-hydrogen) atoms. The average molecular weight is 516 g/mol. The van der Waals surface area contributed by atoms with Crippen molar-refractivity contribution in [2.45, 2.75) is 6.42 Å². The van der Waals surface area contributed by atoms with E-state index in [1.165, 1.54) is 0 Å². The summed E-state index contributed by atoms with van der Waals surface area (Å²) in [5, 5.41) is 3.34. The fourth-order valence-electron chi connectivity index (χ4n) is 3.70. The van der Waals surface area contributed by atoms with Gasteiger partial charge in [-0.15, -0.1) is 0 Å². The SMILES string of the molecule is O=S(=O)(CCc1c(Cl)cccc1Cl)O[P+](c1ccccc1)(c1ccccc1)c1ccccc1. The molecule has 0 spiro atoms. The van der Waals surface area contributed by atoms with E-state index in [9.17, 15) is 8.42 Å². The number of rotatable bonds is 8. The van der Waals surface area contributed by atoms with Gasteiger partial charge in [-0.05, 0) is 60.5 Å². The molecule has 0 N–H and O–H groups in total. The second-order valence-electron chi connectivity index (χ2n) is 7.40. The first-order valence-electron chi connectivity index (χ1n) is 10.3. The Balaban J connectivity index is 1.81. The number of hydrogen-bond acceptors (Lipinski definition) is 3. The predicted molar refractivity (Wildman–Crippen MR) is 140 cm³/mol. The Labute approximate surface area is 205 Å². The maximum Gasteiger partial charge on any atom is 0.300 e. The van der Waals surface area contributed by atoms with Crippen LogP contribution in [0.3, 0.4) is 0 Å². The van der Waals surface area contributed by atoms with E-state index >= 15 is 0 Å². The van der Waals surface area contributed by atoms with E-state index in [1.807, 2.05) is 91.0 Å². The maximum atomic E-state index is 13.5. The standard InChI is InChI=1S/C26H22Cl2O3PS/c27-25-17-10-18-26(28)24(25)19-20-33(29,30)31-32(21-11-4-1-5-12-21,22-13-6-2-7-14-22)23-15-8-3-9-16-23/h1-18H,19-20H2/q+1. The highest BCUT2D eigenvalue weighted by molar-refractivity contribution is 8.01. The first-order chi connectivity index (χ1) is 15.9. The Morgan fingerprint density at radius 3 is 1.39 bits per heavy atom. The van der Waals surface area contributed by atoms with E-state index < -0.39 is 17.6 Å². The normalized spacial score (nSPS) is 11.9. The van der Waals surface area contributed by atoms with Crippen molar-refractivity contribution in [2.75, 3.05) is 5.75 Å². The molecule has 0 saturated carbocycles. The molecule has 0 aliphatic rings. The fraction of sp³-hybridized carbons (Fsp3) is 0.0769. The van der Waals surface area contributed by atoms with Crippen LogP contribution in [-0.2, 0) is 20.5 Å². The third kappa shape index (κ3) is 5.32. The summed E-state index contributed by atoms with van der Waals surface area (Å²) in [5.74, 6) is -0.245. The van der Waals surface area contributed by atoms with Crippen molar-refractivity contribution < 1.29 is 12.4 Å². The molecule has 0 aromatic heterocycles. The molecule has 0 unspecified atom stereocenters. The quantitative estimate of drug-likeness (QED) is 0.279. The molecule has 0 fully saturated rings. The molecular formula is C26H22Cl2O3PS+. The predicted octanol–water partition coefficient (Wildman–Crippen LogP) is 5.79. The molecule has 4 aromatic rings. The van der Waals surface area contributed by atoms with E-state index in [0.717, 1.165) is 15.9 Å². The summed E-state index contributed by atoms with van der Waals surface area (Å²) < 4.78 is 33.2. The van der Waals surface area contributed by atoms with Gasteiger partial charge >= 0.3 is 10.1 Å². The van der Waals surface area contributed by atoms with Crippen molar-refractivity contribution in [1.29, 1.82) is 0 Å². The van der Waals surface area contributed by atoms with Crippen molar-refractivity contribution in [3.05, 3.63) is 125 Å². The van der Waals surface area contributed by atoms with Crippen LogP contribution in [0.1, 0.15) is 5.56 Å². The van der Waals surface area contributed by atoms with Gasteiger partial charge in [0.15, 0.2) is 0 Å². The van der Waals surface area contributed by atoms with Crippen LogP contribution >= 0.6 is 30.7 Å². The van der Waals surface area contributed by atoms with Gasteiger partial charge in [-0.3, -0.25) is 0 Å². The monoisotopic (exact) mass is 515 g/mol. The molecular weight excluding hydrogens is 494 g/mol. The topological polar surface area (TPSA) is 43.4 Å². The van der Waals surface area contributed by atoms with Gasteiger partial charge in [-0.1, -0.05) is 87.8 Å². The van der Waals surface area contributed by atoms with Crippen LogP contribution in [-0.4, -0.2) is 14.2 Å². The van der Waals surface area contributed by atoms with Gasteiger partial charge in [0, 0.05) is 10.0 Å². The zero-order chi connectivity index (χ0) is 23.3. The van der Waals surface area contributed by atoms with Crippen molar-refractivity contribution in [3.63, 3.8) is 0 Å². The van der Waals surface area contributed by atoms with Crippen LogP contribution < -0.4 is 15.9 Å². The third-order valence-corrected chi connectivity index (χ3v) is 11.5. The molecule has 168 valence electrons. The highest BCUT2D eigenvalue weighted by Gasteiger charge is 2.52. The van der Waals surface area contributed by atoms with Gasteiger partial charge in [-0.25, -0.2) is 0 Å². The molecule has 0 aliphatic heterocycles. The summed E-state index contributed by atoms with van der Waals surface area (Å²) in [5.41, 5.74) is 0.594. The van der Waals surface area contributed by atoms with Gasteiger partial charge in [0.25, 0.3) is 7.49 Å². The van der Waals surface area contributed by atoms with Gasteiger partial charge in [0.1, 0.15) is 15.9 Å². The summed E-state index contributed by atoms with van der Waals surface area (Å²) in [6.45, 7) is 0. The molecule has 4 rings (SSSR count). The molecule has 4 aromatic carbocycles. The van der Waals surface area contributed by atoms with Crippen molar-refractivity contribution in [1.82, 2.24) is 0 Å². The molecule has 3 nitrogen and oxygen atoms in total. The fourth-order valence-corrected chi connectivity index (χ4v) is 10.1. The summed E-state index contributed by atoms with van der Waals surface area (Å²) in [6.07, 6.45) is 0.152. The van der Waals surface area contributed by atoms with Crippen LogP contribution in [0, 0.1) is 0 Å². The lowest BCUT2D eigenvalue weighted by Crippen LogP contribution is -2.35. The highest BCUT2D eigenvalue weighted by atomic mass is 35.5. The van der Waals surface area contributed by atoms with Crippen molar-refractivity contribution in [3.8, 4) is 0 Å². The molecule has 0 bridgehead atoms. The summed E-state index contributed by atoms with van der Waals surface area (Å²) in [4.78, 5) is 0. The lowest BCUT2D eigenvalue weighted by Gasteiger charge is -2.24. The Hall–Kier alpha value is -2.20. The second-order valence-corrected chi connectivity index (χ2v) is 13.1. The van der Waals surface area contributed by atoms with Crippen LogP contribution in [0.25, 0.3) is 0 Å². The summed E-state index contributed by atoms with van der Waals surface area (Å²) in [7, 11) is -6.96. The van der Waals surface area contributed by atoms with E-state index in [-0.39, 0.29) is 12.2 Å². The molecule has 0 radical (unpaired) electrons. The lowest BCUT2D eigenvalue weighted by molar-refractivity contribution is 0.509. The molecule has 0 amide bonds. The third-order valence-electron chi connectivity index (χ3n) is 5.25. The smallest absolute Gasteiger partial charge is 0.196 e.